The molecule has 0 aliphatic carbocycles. The first-order valence-corrected chi connectivity index (χ1v) is 6.78. The van der Waals surface area contributed by atoms with E-state index in [2.05, 4.69) is 0 Å². The summed E-state index contributed by atoms with van der Waals surface area (Å²) in [4.78, 5) is 30.1. The minimum Gasteiger partial charge on any atom is -0.480 e. The lowest BCUT2D eigenvalue weighted by atomic mass is 10.1. The number of hydrogen-bond acceptors (Lipinski definition) is 6. The molecule has 8 nitrogen and oxygen atoms in total. The molecular weight excluding hydrogens is 314 g/mol. The minimum absolute atomic E-state index is 0.130. The number of nitrogens with zero attached hydrogens (tertiary/aromatic N) is 1. The van der Waals surface area contributed by atoms with Gasteiger partial charge < -0.3 is 16.6 Å². The number of rotatable bonds is 7. The zero-order chi connectivity index (χ0) is 17.1. The number of nitro groups is 1. The Morgan fingerprint density at radius 3 is 2.55 bits per heavy atom. The standard InChI is InChI=1S/C7H4ClNO3.C6H14N2O2/c8-7-2-1-6(9(11)12)3-5(7)4-10;7-4-2-1-3-5(8)6(9)10/h1-4H;5H,1-4,7-8H2,(H,9,10). The largest absolute Gasteiger partial charge is 0.480 e. The van der Waals surface area contributed by atoms with E-state index in [-0.39, 0.29) is 16.3 Å². The molecule has 1 aromatic carbocycles. The minimum atomic E-state index is -0.933. The van der Waals surface area contributed by atoms with Gasteiger partial charge in [0.15, 0.2) is 6.29 Å². The molecule has 1 rings (SSSR count). The Bertz CT molecular complexity index is 524. The molecule has 0 heterocycles. The van der Waals surface area contributed by atoms with Gasteiger partial charge in [-0.1, -0.05) is 18.0 Å². The van der Waals surface area contributed by atoms with Crippen molar-refractivity contribution in [2.75, 3.05) is 6.54 Å². The number of non-ortho nitro benzene ring substituents is 1. The number of hydrogen-bond donors (Lipinski definition) is 3. The van der Waals surface area contributed by atoms with Crippen LogP contribution in [0.25, 0.3) is 0 Å². The summed E-state index contributed by atoms with van der Waals surface area (Å²) in [5, 5.41) is 18.8. The molecule has 0 amide bonds. The lowest BCUT2D eigenvalue weighted by Crippen LogP contribution is -2.29. The van der Waals surface area contributed by atoms with Crippen molar-refractivity contribution in [3.8, 4) is 0 Å². The van der Waals surface area contributed by atoms with Crippen LogP contribution in [0, 0.1) is 10.1 Å². The molecule has 1 unspecified atom stereocenters. The molecule has 0 radical (unpaired) electrons. The van der Waals surface area contributed by atoms with E-state index in [4.69, 9.17) is 28.2 Å². The third-order valence-corrected chi connectivity index (χ3v) is 2.95. The van der Waals surface area contributed by atoms with E-state index < -0.39 is 16.9 Å². The smallest absolute Gasteiger partial charge is 0.320 e. The highest BCUT2D eigenvalue weighted by atomic mass is 35.5. The molecule has 0 aromatic heterocycles. The fourth-order valence-corrected chi connectivity index (χ4v) is 1.53. The second-order valence-electron chi connectivity index (χ2n) is 4.31. The number of carbonyl (C=O) groups is 2. The number of nitro benzene ring substituents is 1. The monoisotopic (exact) mass is 331 g/mol. The zero-order valence-electron chi connectivity index (χ0n) is 11.8. The van der Waals surface area contributed by atoms with Gasteiger partial charge in [-0.2, -0.15) is 0 Å². The van der Waals surface area contributed by atoms with Crippen LogP contribution in [0.5, 0.6) is 0 Å². The molecule has 0 bridgehead atoms. The highest BCUT2D eigenvalue weighted by molar-refractivity contribution is 6.33. The van der Waals surface area contributed by atoms with E-state index in [9.17, 15) is 19.7 Å². The van der Waals surface area contributed by atoms with Crippen molar-refractivity contribution in [3.63, 3.8) is 0 Å². The first-order valence-electron chi connectivity index (χ1n) is 6.41. The fourth-order valence-electron chi connectivity index (χ4n) is 1.37. The van der Waals surface area contributed by atoms with Gasteiger partial charge in [0.25, 0.3) is 5.69 Å². The summed E-state index contributed by atoms with van der Waals surface area (Å²) in [6.45, 7) is 0.604. The molecule has 0 fully saturated rings. The highest BCUT2D eigenvalue weighted by Gasteiger charge is 2.09. The molecule has 22 heavy (non-hydrogen) atoms. The topological polar surface area (TPSA) is 150 Å². The molecule has 122 valence electrons. The Balaban J connectivity index is 0.000000409. The lowest BCUT2D eigenvalue weighted by molar-refractivity contribution is -0.384. The summed E-state index contributed by atoms with van der Waals surface area (Å²) < 4.78 is 0. The maximum absolute atomic E-state index is 10.3. The van der Waals surface area contributed by atoms with Crippen molar-refractivity contribution >= 4 is 29.5 Å². The van der Waals surface area contributed by atoms with Crippen LogP contribution in [0.15, 0.2) is 18.2 Å². The van der Waals surface area contributed by atoms with Gasteiger partial charge in [-0.3, -0.25) is 19.7 Å². The Morgan fingerprint density at radius 2 is 2.09 bits per heavy atom. The Morgan fingerprint density at radius 1 is 1.45 bits per heavy atom. The van der Waals surface area contributed by atoms with Gasteiger partial charge >= 0.3 is 5.97 Å². The van der Waals surface area contributed by atoms with Gasteiger partial charge in [0.1, 0.15) is 6.04 Å². The van der Waals surface area contributed by atoms with Gasteiger partial charge in [0, 0.05) is 17.7 Å². The number of benzene rings is 1. The van der Waals surface area contributed by atoms with Crippen molar-refractivity contribution < 1.29 is 19.6 Å². The number of carbonyl (C=O) groups excluding carboxylic acids is 1. The summed E-state index contributed by atoms with van der Waals surface area (Å²) >= 11 is 5.55. The highest BCUT2D eigenvalue weighted by Crippen LogP contribution is 2.19. The average Bonchev–Trinajstić information content (AvgIpc) is 2.48. The van der Waals surface area contributed by atoms with Crippen molar-refractivity contribution in [1.29, 1.82) is 0 Å². The summed E-state index contributed by atoms with van der Waals surface area (Å²) in [7, 11) is 0. The van der Waals surface area contributed by atoms with Gasteiger partial charge in [0.05, 0.1) is 9.95 Å². The van der Waals surface area contributed by atoms with E-state index in [0.717, 1.165) is 18.9 Å². The van der Waals surface area contributed by atoms with E-state index in [0.29, 0.717) is 19.3 Å². The van der Waals surface area contributed by atoms with Gasteiger partial charge in [-0.05, 0) is 25.5 Å². The molecule has 9 heteroatoms. The summed E-state index contributed by atoms with van der Waals surface area (Å²) in [5.74, 6) is -0.933. The first kappa shape index (κ1) is 20.0. The number of nitrogens with two attached hydrogens (primary N) is 2. The summed E-state index contributed by atoms with van der Waals surface area (Å²) in [5.41, 5.74) is 10.4. The quantitative estimate of drug-likeness (QED) is 0.297. The van der Waals surface area contributed by atoms with Crippen molar-refractivity contribution in [1.82, 2.24) is 0 Å². The predicted octanol–water partition coefficient (Wildman–Crippen LogP) is 1.59. The summed E-state index contributed by atoms with van der Waals surface area (Å²) in [6.07, 6.45) is 2.65. The Hall–Kier alpha value is -2.03. The molecule has 0 saturated carbocycles. The molecule has 1 aromatic rings. The maximum Gasteiger partial charge on any atom is 0.320 e. The third-order valence-electron chi connectivity index (χ3n) is 2.60. The van der Waals surface area contributed by atoms with Crippen LogP contribution in [-0.4, -0.2) is 34.9 Å². The lowest BCUT2D eigenvalue weighted by Gasteiger charge is -2.03. The average molecular weight is 332 g/mol. The number of unbranched alkanes of at least 4 members (excludes halogenated alkanes) is 1. The van der Waals surface area contributed by atoms with Crippen LogP contribution >= 0.6 is 11.6 Å². The fraction of sp³-hybridized carbons (Fsp3) is 0.385. The van der Waals surface area contributed by atoms with Crippen LogP contribution in [0.1, 0.15) is 29.6 Å². The molecule has 5 N–H and O–H groups in total. The van der Waals surface area contributed by atoms with Gasteiger partial charge in [0.2, 0.25) is 0 Å². The van der Waals surface area contributed by atoms with Crippen LogP contribution in [0.3, 0.4) is 0 Å². The van der Waals surface area contributed by atoms with E-state index >= 15 is 0 Å². The SMILES string of the molecule is NCCCCC(N)C(=O)O.O=Cc1cc([N+](=O)[O-])ccc1Cl. The maximum atomic E-state index is 10.3. The second kappa shape index (κ2) is 10.7. The molecule has 0 aliphatic heterocycles. The van der Waals surface area contributed by atoms with Crippen molar-refractivity contribution in [3.05, 3.63) is 38.9 Å². The van der Waals surface area contributed by atoms with Gasteiger partial charge in [-0.25, -0.2) is 0 Å². The van der Waals surface area contributed by atoms with Crippen LogP contribution in [0.4, 0.5) is 5.69 Å². The summed E-state index contributed by atoms with van der Waals surface area (Å²) in [6, 6.07) is 2.99. The number of aldehydes is 1. The molecular formula is C13H18ClN3O5. The van der Waals surface area contributed by atoms with Crippen LogP contribution < -0.4 is 11.5 Å². The molecule has 0 spiro atoms. The number of halogens is 1. The second-order valence-corrected chi connectivity index (χ2v) is 4.72. The van der Waals surface area contributed by atoms with E-state index in [1.54, 1.807) is 0 Å². The normalized spacial score (nSPS) is 11.0. The van der Waals surface area contributed by atoms with Crippen molar-refractivity contribution in [2.24, 2.45) is 11.5 Å². The van der Waals surface area contributed by atoms with E-state index in [1.165, 1.54) is 12.1 Å². The van der Waals surface area contributed by atoms with Gasteiger partial charge in [-0.15, -0.1) is 0 Å². The molecule has 1 atom stereocenters. The number of aliphatic carboxylic acids is 1. The Labute approximate surface area is 132 Å². The van der Waals surface area contributed by atoms with Crippen LogP contribution in [-0.2, 0) is 4.79 Å². The Kier molecular flexibility index (Phi) is 9.68. The number of carboxylic acid groups (broad SMARTS) is 1. The third kappa shape index (κ3) is 7.67. The first-order chi connectivity index (χ1) is 10.3. The number of carboxylic acids is 1. The van der Waals surface area contributed by atoms with Crippen molar-refractivity contribution in [2.45, 2.75) is 25.3 Å². The van der Waals surface area contributed by atoms with E-state index in [1.807, 2.05) is 0 Å². The zero-order valence-corrected chi connectivity index (χ0v) is 12.5. The molecule has 0 aliphatic rings. The molecule has 0 saturated heterocycles. The predicted molar refractivity (Wildman–Crippen MR) is 82.0 cm³/mol. The van der Waals surface area contributed by atoms with Crippen LogP contribution in [0.2, 0.25) is 5.02 Å².